The average Bonchev–Trinajstić information content (AvgIpc) is 2.58. The Morgan fingerprint density at radius 3 is 2.04 bits per heavy atom. The van der Waals surface area contributed by atoms with E-state index in [1.165, 1.54) is 37.0 Å². The Morgan fingerprint density at radius 1 is 0.826 bits per heavy atom. The fourth-order valence-corrected chi connectivity index (χ4v) is 2.38. The lowest BCUT2D eigenvalue weighted by molar-refractivity contribution is 0.305. The molecule has 0 saturated carbocycles. The first-order chi connectivity index (χ1) is 11.3. The van der Waals surface area contributed by atoms with Gasteiger partial charge < -0.3 is 10.1 Å². The Morgan fingerprint density at radius 2 is 1.43 bits per heavy atom. The zero-order valence-corrected chi connectivity index (χ0v) is 13.9. The van der Waals surface area contributed by atoms with Crippen LogP contribution in [0.1, 0.15) is 43.7 Å². The minimum Gasteiger partial charge on any atom is -0.494 e. The zero-order valence-electron chi connectivity index (χ0n) is 13.9. The lowest BCUT2D eigenvalue weighted by Gasteiger charge is -2.08. The minimum absolute atomic E-state index is 0.195. The summed E-state index contributed by atoms with van der Waals surface area (Å²) < 4.78 is 18.6. The Labute approximate surface area is 138 Å². The number of hydrogen-bond donors (Lipinski definition) is 1. The highest BCUT2D eigenvalue weighted by Gasteiger charge is 1.98. The molecule has 23 heavy (non-hydrogen) atoms. The van der Waals surface area contributed by atoms with Gasteiger partial charge in [-0.15, -0.1) is 0 Å². The van der Waals surface area contributed by atoms with E-state index in [4.69, 9.17) is 4.74 Å². The summed E-state index contributed by atoms with van der Waals surface area (Å²) in [5.74, 6) is 0.739. The number of nitrogens with one attached hydrogen (secondary N) is 1. The molecular formula is C20H26FNO. The van der Waals surface area contributed by atoms with Crippen molar-refractivity contribution < 1.29 is 9.13 Å². The molecule has 0 spiro atoms. The normalized spacial score (nSPS) is 10.7. The van der Waals surface area contributed by atoms with Crippen molar-refractivity contribution >= 4 is 0 Å². The number of halogens is 1. The number of benzene rings is 2. The molecule has 0 aliphatic heterocycles. The fraction of sp³-hybridized carbons (Fsp3) is 0.400. The van der Waals surface area contributed by atoms with Gasteiger partial charge in [-0.2, -0.15) is 0 Å². The van der Waals surface area contributed by atoms with E-state index >= 15 is 0 Å². The molecule has 2 aromatic rings. The van der Waals surface area contributed by atoms with Crippen LogP contribution in [0.15, 0.2) is 48.5 Å². The first-order valence-corrected chi connectivity index (χ1v) is 8.45. The van der Waals surface area contributed by atoms with E-state index in [2.05, 4.69) is 24.4 Å². The monoisotopic (exact) mass is 315 g/mol. The van der Waals surface area contributed by atoms with Gasteiger partial charge in [0.2, 0.25) is 0 Å². The molecule has 2 aromatic carbocycles. The van der Waals surface area contributed by atoms with Crippen molar-refractivity contribution in [2.24, 2.45) is 0 Å². The van der Waals surface area contributed by atoms with E-state index in [0.717, 1.165) is 37.4 Å². The molecule has 0 radical (unpaired) electrons. The van der Waals surface area contributed by atoms with E-state index in [-0.39, 0.29) is 5.82 Å². The number of ether oxygens (including phenoxy) is 1. The van der Waals surface area contributed by atoms with Crippen molar-refractivity contribution in [1.82, 2.24) is 5.32 Å². The minimum atomic E-state index is -0.195. The molecule has 2 nitrogen and oxygen atoms in total. The van der Waals surface area contributed by atoms with E-state index in [0.29, 0.717) is 0 Å². The first-order valence-electron chi connectivity index (χ1n) is 8.45. The quantitative estimate of drug-likeness (QED) is 0.618. The maximum atomic E-state index is 12.8. The lowest BCUT2D eigenvalue weighted by atomic mass is 10.2. The van der Waals surface area contributed by atoms with Crippen molar-refractivity contribution in [3.8, 4) is 5.75 Å². The van der Waals surface area contributed by atoms with Crippen molar-refractivity contribution in [2.45, 2.75) is 45.7 Å². The van der Waals surface area contributed by atoms with Gasteiger partial charge in [0.1, 0.15) is 11.6 Å². The molecule has 0 atom stereocenters. The predicted octanol–water partition coefficient (Wildman–Crippen LogP) is 5.07. The van der Waals surface area contributed by atoms with Crippen LogP contribution in [0.25, 0.3) is 0 Å². The maximum absolute atomic E-state index is 12.8. The summed E-state index contributed by atoms with van der Waals surface area (Å²) in [6.07, 6.45) is 4.89. The van der Waals surface area contributed by atoms with Crippen molar-refractivity contribution in [3.05, 3.63) is 65.5 Å². The Hall–Kier alpha value is -1.87. The Bertz CT molecular complexity index is 551. The Balaban J connectivity index is 1.67. The van der Waals surface area contributed by atoms with Gasteiger partial charge in [-0.3, -0.25) is 0 Å². The molecule has 0 aliphatic carbocycles. The molecule has 0 amide bonds. The number of unbranched alkanes of at least 4 members (excludes halogenated alkanes) is 3. The molecule has 0 bridgehead atoms. The van der Waals surface area contributed by atoms with Gasteiger partial charge in [-0.05, 0) is 41.8 Å². The maximum Gasteiger partial charge on any atom is 0.123 e. The summed E-state index contributed by atoms with van der Waals surface area (Å²) >= 11 is 0. The van der Waals surface area contributed by atoms with Gasteiger partial charge in [0.15, 0.2) is 0 Å². The molecule has 3 heteroatoms. The average molecular weight is 315 g/mol. The first kappa shape index (κ1) is 17.5. The zero-order chi connectivity index (χ0) is 16.3. The number of rotatable bonds is 10. The summed E-state index contributed by atoms with van der Waals surface area (Å²) in [6, 6.07) is 14.8. The Kier molecular flexibility index (Phi) is 7.61. The van der Waals surface area contributed by atoms with Crippen molar-refractivity contribution in [3.63, 3.8) is 0 Å². The third-order valence-electron chi connectivity index (χ3n) is 3.76. The number of hydrogen-bond acceptors (Lipinski definition) is 2. The molecule has 1 N–H and O–H groups in total. The summed E-state index contributed by atoms with van der Waals surface area (Å²) in [5.41, 5.74) is 2.30. The van der Waals surface area contributed by atoms with Gasteiger partial charge in [0.25, 0.3) is 0 Å². The third kappa shape index (κ3) is 6.83. The van der Waals surface area contributed by atoms with Gasteiger partial charge in [0.05, 0.1) is 6.61 Å². The smallest absolute Gasteiger partial charge is 0.123 e. The predicted molar refractivity (Wildman–Crippen MR) is 93.0 cm³/mol. The molecule has 124 valence electrons. The van der Waals surface area contributed by atoms with Crippen molar-refractivity contribution in [2.75, 3.05) is 6.61 Å². The van der Waals surface area contributed by atoms with Crippen LogP contribution in [0, 0.1) is 5.82 Å². The summed E-state index contributed by atoms with van der Waals surface area (Å²) in [5, 5.41) is 3.36. The SMILES string of the molecule is CCCCCCOc1ccc(CNCc2ccc(F)cc2)cc1. The second-order valence-corrected chi connectivity index (χ2v) is 5.78. The highest BCUT2D eigenvalue weighted by molar-refractivity contribution is 5.27. The van der Waals surface area contributed by atoms with E-state index in [1.54, 1.807) is 12.1 Å². The van der Waals surface area contributed by atoms with E-state index < -0.39 is 0 Å². The van der Waals surface area contributed by atoms with Crippen LogP contribution < -0.4 is 10.1 Å². The van der Waals surface area contributed by atoms with Crippen LogP contribution in [0.2, 0.25) is 0 Å². The molecule has 0 heterocycles. The van der Waals surface area contributed by atoms with Crippen molar-refractivity contribution in [1.29, 1.82) is 0 Å². The highest BCUT2D eigenvalue weighted by atomic mass is 19.1. The highest BCUT2D eigenvalue weighted by Crippen LogP contribution is 2.13. The largest absolute Gasteiger partial charge is 0.494 e. The topological polar surface area (TPSA) is 21.3 Å². The van der Waals surface area contributed by atoms with Crippen LogP contribution in [-0.4, -0.2) is 6.61 Å². The standard InChI is InChI=1S/C20H26FNO/c1-2-3-4-5-14-23-20-12-8-18(9-13-20)16-22-15-17-6-10-19(21)11-7-17/h6-13,22H,2-5,14-16H2,1H3. The van der Waals surface area contributed by atoms with Crippen LogP contribution in [-0.2, 0) is 13.1 Å². The van der Waals surface area contributed by atoms with Crippen LogP contribution in [0.4, 0.5) is 4.39 Å². The van der Waals surface area contributed by atoms with E-state index in [1.807, 2.05) is 12.1 Å². The second-order valence-electron chi connectivity index (χ2n) is 5.78. The molecule has 2 rings (SSSR count). The van der Waals surface area contributed by atoms with E-state index in [9.17, 15) is 4.39 Å². The lowest BCUT2D eigenvalue weighted by Crippen LogP contribution is -2.12. The summed E-state index contributed by atoms with van der Waals surface area (Å²) in [6.45, 7) is 4.52. The van der Waals surface area contributed by atoms with Gasteiger partial charge in [-0.1, -0.05) is 50.5 Å². The molecule has 0 aliphatic rings. The van der Waals surface area contributed by atoms with Crippen LogP contribution in [0.3, 0.4) is 0 Å². The molecule has 0 aromatic heterocycles. The van der Waals surface area contributed by atoms with Gasteiger partial charge >= 0.3 is 0 Å². The van der Waals surface area contributed by atoms with Gasteiger partial charge in [0, 0.05) is 13.1 Å². The van der Waals surface area contributed by atoms with Gasteiger partial charge in [-0.25, -0.2) is 4.39 Å². The summed E-state index contributed by atoms with van der Waals surface area (Å²) in [7, 11) is 0. The molecular weight excluding hydrogens is 289 g/mol. The fourth-order valence-electron chi connectivity index (χ4n) is 2.38. The molecule has 0 saturated heterocycles. The molecule has 0 unspecified atom stereocenters. The summed E-state index contributed by atoms with van der Waals surface area (Å²) in [4.78, 5) is 0. The van der Waals surface area contributed by atoms with Crippen LogP contribution >= 0.6 is 0 Å². The third-order valence-corrected chi connectivity index (χ3v) is 3.76. The molecule has 0 fully saturated rings. The second kappa shape index (κ2) is 10.0. The van der Waals surface area contributed by atoms with Crippen LogP contribution in [0.5, 0.6) is 5.75 Å².